The summed E-state index contributed by atoms with van der Waals surface area (Å²) in [5.74, 6) is 0.958. The van der Waals surface area contributed by atoms with Gasteiger partial charge in [-0.25, -0.2) is 0 Å². The Balaban J connectivity index is 2.21. The Hall–Kier alpha value is -1.96. The van der Waals surface area contributed by atoms with Crippen LogP contribution >= 0.6 is 0 Å². The van der Waals surface area contributed by atoms with Crippen LogP contribution in [0.2, 0.25) is 0 Å². The quantitative estimate of drug-likeness (QED) is 0.873. The van der Waals surface area contributed by atoms with Gasteiger partial charge in [0.15, 0.2) is 0 Å². The highest BCUT2D eigenvalue weighted by Gasteiger charge is 2.04. The van der Waals surface area contributed by atoms with Gasteiger partial charge in [0, 0.05) is 12.5 Å². The van der Waals surface area contributed by atoms with Crippen molar-refractivity contribution in [2.75, 3.05) is 7.11 Å². The van der Waals surface area contributed by atoms with Gasteiger partial charge in [-0.05, 0) is 24.1 Å². The molecule has 0 aromatic heterocycles. The average molecular weight is 228 g/mol. The minimum atomic E-state index is 0.282. The lowest BCUT2D eigenvalue weighted by molar-refractivity contribution is 0.406. The Morgan fingerprint density at radius 3 is 2.35 bits per heavy atom. The number of benzene rings is 2. The van der Waals surface area contributed by atoms with E-state index in [2.05, 4.69) is 31.2 Å². The zero-order valence-corrected chi connectivity index (χ0v) is 10.1. The van der Waals surface area contributed by atoms with Gasteiger partial charge < -0.3 is 9.84 Å². The molecular weight excluding hydrogens is 212 g/mol. The van der Waals surface area contributed by atoms with Gasteiger partial charge in [-0.3, -0.25) is 0 Å². The molecule has 2 rings (SSSR count). The van der Waals surface area contributed by atoms with E-state index in [0.29, 0.717) is 5.75 Å². The summed E-state index contributed by atoms with van der Waals surface area (Å²) in [5, 5.41) is 9.86. The summed E-state index contributed by atoms with van der Waals surface area (Å²) >= 11 is 0. The van der Waals surface area contributed by atoms with E-state index in [4.69, 9.17) is 4.74 Å². The molecule has 0 amide bonds. The van der Waals surface area contributed by atoms with Crippen LogP contribution in [0.5, 0.6) is 11.5 Å². The van der Waals surface area contributed by atoms with Gasteiger partial charge in [0.05, 0.1) is 7.11 Å². The first-order valence-electron chi connectivity index (χ1n) is 5.60. The fourth-order valence-corrected chi connectivity index (χ4v) is 1.75. The lowest BCUT2D eigenvalue weighted by Gasteiger charge is -2.07. The van der Waals surface area contributed by atoms with Crippen LogP contribution in [0.1, 0.15) is 16.7 Å². The van der Waals surface area contributed by atoms with Gasteiger partial charge >= 0.3 is 0 Å². The topological polar surface area (TPSA) is 29.5 Å². The first-order valence-corrected chi connectivity index (χ1v) is 5.60. The monoisotopic (exact) mass is 228 g/mol. The largest absolute Gasteiger partial charge is 0.508 e. The van der Waals surface area contributed by atoms with Crippen molar-refractivity contribution >= 4 is 0 Å². The van der Waals surface area contributed by atoms with Crippen molar-refractivity contribution in [1.29, 1.82) is 0 Å². The molecule has 0 aliphatic rings. The summed E-state index contributed by atoms with van der Waals surface area (Å²) < 4.78 is 5.06. The minimum absolute atomic E-state index is 0.282. The molecule has 0 unspecified atom stereocenters. The Kier molecular flexibility index (Phi) is 3.33. The third kappa shape index (κ3) is 2.78. The lowest BCUT2D eigenvalue weighted by atomic mass is 10.0. The molecule has 2 aromatic carbocycles. The highest BCUT2D eigenvalue weighted by Crippen LogP contribution is 2.25. The number of rotatable bonds is 3. The first kappa shape index (κ1) is 11.5. The summed E-state index contributed by atoms with van der Waals surface area (Å²) in [6, 6.07) is 13.7. The second-order valence-corrected chi connectivity index (χ2v) is 4.16. The van der Waals surface area contributed by atoms with Crippen molar-refractivity contribution in [3.8, 4) is 11.5 Å². The fourth-order valence-electron chi connectivity index (χ4n) is 1.75. The second kappa shape index (κ2) is 4.91. The third-order valence-electron chi connectivity index (χ3n) is 2.81. The van der Waals surface area contributed by atoms with Crippen molar-refractivity contribution in [3.63, 3.8) is 0 Å². The van der Waals surface area contributed by atoms with Crippen LogP contribution in [0.25, 0.3) is 0 Å². The standard InChI is InChI=1S/C15H16O2/c1-11-3-5-12(6-4-11)9-13-7-8-14(17-2)10-15(13)16/h3-8,10,16H,9H2,1-2H3. The maximum atomic E-state index is 9.86. The van der Waals surface area contributed by atoms with Crippen molar-refractivity contribution < 1.29 is 9.84 Å². The van der Waals surface area contributed by atoms with E-state index in [1.54, 1.807) is 13.2 Å². The zero-order valence-electron chi connectivity index (χ0n) is 10.1. The molecule has 0 radical (unpaired) electrons. The number of methoxy groups -OCH3 is 1. The molecule has 2 aromatic rings. The van der Waals surface area contributed by atoms with Gasteiger partial charge in [0.1, 0.15) is 11.5 Å². The van der Waals surface area contributed by atoms with Gasteiger partial charge in [-0.2, -0.15) is 0 Å². The van der Waals surface area contributed by atoms with Crippen LogP contribution in [0.15, 0.2) is 42.5 Å². The molecule has 88 valence electrons. The number of phenolic OH excluding ortho intramolecular Hbond substituents is 1. The van der Waals surface area contributed by atoms with E-state index < -0.39 is 0 Å². The summed E-state index contributed by atoms with van der Waals surface area (Å²) in [5.41, 5.74) is 3.35. The molecule has 0 saturated heterocycles. The molecular formula is C15H16O2. The molecule has 0 saturated carbocycles. The van der Waals surface area contributed by atoms with Gasteiger partial charge in [-0.15, -0.1) is 0 Å². The van der Waals surface area contributed by atoms with Gasteiger partial charge in [0.25, 0.3) is 0 Å². The van der Waals surface area contributed by atoms with Crippen LogP contribution in [0.3, 0.4) is 0 Å². The maximum Gasteiger partial charge on any atom is 0.122 e. The summed E-state index contributed by atoms with van der Waals surface area (Å²) in [6.45, 7) is 2.06. The summed E-state index contributed by atoms with van der Waals surface area (Å²) in [7, 11) is 1.59. The highest BCUT2D eigenvalue weighted by molar-refractivity contribution is 5.42. The Labute approximate surface area is 101 Å². The predicted octanol–water partition coefficient (Wildman–Crippen LogP) is 3.30. The van der Waals surface area contributed by atoms with Crippen molar-refractivity contribution in [2.45, 2.75) is 13.3 Å². The van der Waals surface area contributed by atoms with Crippen molar-refractivity contribution in [1.82, 2.24) is 0 Å². The molecule has 0 fully saturated rings. The van der Waals surface area contributed by atoms with Crippen molar-refractivity contribution in [3.05, 3.63) is 59.2 Å². The second-order valence-electron chi connectivity index (χ2n) is 4.16. The molecule has 1 N–H and O–H groups in total. The van der Waals surface area contributed by atoms with Crippen LogP contribution in [-0.4, -0.2) is 12.2 Å². The average Bonchev–Trinajstić information content (AvgIpc) is 2.34. The summed E-state index contributed by atoms with van der Waals surface area (Å²) in [6.07, 6.45) is 0.732. The van der Waals surface area contributed by atoms with Crippen LogP contribution in [0.4, 0.5) is 0 Å². The molecule has 0 aliphatic heterocycles. The van der Waals surface area contributed by atoms with Crippen LogP contribution in [0, 0.1) is 6.92 Å². The van der Waals surface area contributed by atoms with E-state index in [0.717, 1.165) is 12.0 Å². The van der Waals surface area contributed by atoms with E-state index in [9.17, 15) is 5.11 Å². The van der Waals surface area contributed by atoms with E-state index in [1.807, 2.05) is 12.1 Å². The minimum Gasteiger partial charge on any atom is -0.508 e. The first-order chi connectivity index (χ1) is 8.19. The lowest BCUT2D eigenvalue weighted by Crippen LogP contribution is -1.90. The third-order valence-corrected chi connectivity index (χ3v) is 2.81. The van der Waals surface area contributed by atoms with Crippen molar-refractivity contribution in [2.24, 2.45) is 0 Å². The number of aryl methyl sites for hydroxylation is 1. The van der Waals surface area contributed by atoms with Gasteiger partial charge in [-0.1, -0.05) is 35.9 Å². The Morgan fingerprint density at radius 2 is 1.76 bits per heavy atom. The number of aromatic hydroxyl groups is 1. The molecule has 2 nitrogen and oxygen atoms in total. The molecule has 0 heterocycles. The molecule has 0 bridgehead atoms. The molecule has 17 heavy (non-hydrogen) atoms. The highest BCUT2D eigenvalue weighted by atomic mass is 16.5. The van der Waals surface area contributed by atoms with E-state index in [1.165, 1.54) is 11.1 Å². The maximum absolute atomic E-state index is 9.86. The molecule has 0 atom stereocenters. The fraction of sp³-hybridized carbons (Fsp3) is 0.200. The van der Waals surface area contributed by atoms with Gasteiger partial charge in [0.2, 0.25) is 0 Å². The molecule has 0 spiro atoms. The normalized spacial score (nSPS) is 10.2. The van der Waals surface area contributed by atoms with E-state index >= 15 is 0 Å². The predicted molar refractivity (Wildman–Crippen MR) is 68.6 cm³/mol. The Bertz CT molecular complexity index is 501. The molecule has 2 heteroatoms. The van der Waals surface area contributed by atoms with Crippen LogP contribution < -0.4 is 4.74 Å². The SMILES string of the molecule is COc1ccc(Cc2ccc(C)cc2)c(O)c1. The zero-order chi connectivity index (χ0) is 12.3. The number of hydrogen-bond acceptors (Lipinski definition) is 2. The number of phenols is 1. The summed E-state index contributed by atoms with van der Waals surface area (Å²) in [4.78, 5) is 0. The van der Waals surface area contributed by atoms with Crippen LogP contribution in [-0.2, 0) is 6.42 Å². The smallest absolute Gasteiger partial charge is 0.122 e. The van der Waals surface area contributed by atoms with E-state index in [-0.39, 0.29) is 5.75 Å². The number of hydrogen-bond donors (Lipinski definition) is 1. The Morgan fingerprint density at radius 1 is 1.06 bits per heavy atom. The number of ether oxygens (including phenoxy) is 1. The molecule has 0 aliphatic carbocycles.